The van der Waals surface area contributed by atoms with Gasteiger partial charge in [0.25, 0.3) is 0 Å². The fourth-order valence-electron chi connectivity index (χ4n) is 5.75. The van der Waals surface area contributed by atoms with E-state index in [-0.39, 0.29) is 17.1 Å². The number of hydrogen-bond acceptors (Lipinski definition) is 5. The van der Waals surface area contributed by atoms with E-state index in [4.69, 9.17) is 27.9 Å². The van der Waals surface area contributed by atoms with Crippen LogP contribution in [0.4, 0.5) is 5.69 Å². The Morgan fingerprint density at radius 2 is 1.62 bits per heavy atom. The first-order chi connectivity index (χ1) is 19.3. The van der Waals surface area contributed by atoms with Gasteiger partial charge in [-0.3, -0.25) is 4.98 Å². The van der Waals surface area contributed by atoms with Crippen LogP contribution in [0.15, 0.2) is 85.1 Å². The molecule has 4 aromatic rings. The topological polar surface area (TPSA) is 59.5 Å². The Balaban J connectivity index is 1.10. The van der Waals surface area contributed by atoms with Gasteiger partial charge in [-0.05, 0) is 77.6 Å². The number of ether oxygens (including phenoxy) is 1. The van der Waals surface area contributed by atoms with E-state index in [0.717, 1.165) is 66.9 Å². The maximum absolute atomic E-state index is 12.7. The third-order valence-electron chi connectivity index (χ3n) is 7.93. The maximum Gasteiger partial charge on any atom is 0.160 e. The number of benzene rings is 3. The predicted octanol–water partition coefficient (Wildman–Crippen LogP) is 7.53. The van der Waals surface area contributed by atoms with E-state index in [2.05, 4.69) is 28.1 Å². The highest BCUT2D eigenvalue weighted by molar-refractivity contribution is 7.89. The summed E-state index contributed by atoms with van der Waals surface area (Å²) in [6.45, 7) is 1.78. The minimum atomic E-state index is -3.31. The Kier molecular flexibility index (Phi) is 7.51. The van der Waals surface area contributed by atoms with Crippen molar-refractivity contribution in [2.45, 2.75) is 42.8 Å². The van der Waals surface area contributed by atoms with Crippen LogP contribution in [0.2, 0.25) is 10.0 Å². The molecule has 0 aliphatic carbocycles. The third-order valence-corrected chi connectivity index (χ3v) is 9.98. The zero-order chi connectivity index (χ0) is 27.7. The normalized spacial score (nSPS) is 16.4. The molecule has 1 saturated heterocycles. The largest absolute Gasteiger partial charge is 0.487 e. The van der Waals surface area contributed by atoms with Crippen LogP contribution < -0.4 is 9.64 Å². The van der Waals surface area contributed by atoms with Crippen LogP contribution in [0.1, 0.15) is 36.1 Å². The molecule has 8 heteroatoms. The van der Waals surface area contributed by atoms with Gasteiger partial charge in [0.15, 0.2) is 9.84 Å². The van der Waals surface area contributed by atoms with E-state index in [9.17, 15) is 8.42 Å². The van der Waals surface area contributed by atoms with E-state index in [0.29, 0.717) is 15.7 Å². The molecule has 1 spiro atoms. The molecule has 0 atom stereocenters. The number of sulfone groups is 1. The number of aryl methyl sites for hydroxylation is 1. The van der Waals surface area contributed by atoms with Gasteiger partial charge in [0.05, 0.1) is 27.9 Å². The molecular weight excluding hydrogens is 563 g/mol. The van der Waals surface area contributed by atoms with Crippen LogP contribution in [-0.4, -0.2) is 32.1 Å². The molecule has 1 fully saturated rings. The van der Waals surface area contributed by atoms with Gasteiger partial charge in [-0.15, -0.1) is 0 Å². The molecule has 3 aromatic carbocycles. The van der Waals surface area contributed by atoms with Crippen molar-refractivity contribution in [1.29, 1.82) is 0 Å². The van der Waals surface area contributed by atoms with Crippen molar-refractivity contribution in [2.24, 2.45) is 0 Å². The molecule has 0 saturated carbocycles. The van der Waals surface area contributed by atoms with Crippen molar-refractivity contribution in [1.82, 2.24) is 4.98 Å². The molecule has 2 aliphatic rings. The van der Waals surface area contributed by atoms with Crippen molar-refractivity contribution in [2.75, 3.05) is 18.0 Å². The Morgan fingerprint density at radius 3 is 2.35 bits per heavy atom. The van der Waals surface area contributed by atoms with Crippen molar-refractivity contribution in [3.63, 3.8) is 0 Å². The standard InChI is InChI=1S/C32H30Cl2N2O3S/c33-27-9-10-30(29(34)20-27)36-17-14-32(15-18-36)13-12-26-19-25(8-11-31(26)39-32)24-6-4-23(5-7-24)21-40(37,38)22-28-3-1-2-16-35-28/h1-11,16,19-20H,12-15,17-18,21-22H2. The maximum atomic E-state index is 12.7. The SMILES string of the molecule is O=S(=O)(Cc1ccc(-c2ccc3c(c2)CCC2(CCN(c4ccc(Cl)cc4Cl)CC2)O3)cc1)Cc1ccccn1. The number of nitrogens with zero attached hydrogens (tertiary/aromatic N) is 2. The first-order valence-electron chi connectivity index (χ1n) is 13.5. The number of rotatable bonds is 6. The van der Waals surface area contributed by atoms with Gasteiger partial charge in [0, 0.05) is 37.2 Å². The Morgan fingerprint density at radius 1 is 0.850 bits per heavy atom. The van der Waals surface area contributed by atoms with Crippen molar-refractivity contribution in [3.8, 4) is 16.9 Å². The Labute approximate surface area is 245 Å². The molecule has 0 unspecified atom stereocenters. The highest BCUT2D eigenvalue weighted by atomic mass is 35.5. The lowest BCUT2D eigenvalue weighted by Gasteiger charge is -2.45. The molecule has 0 radical (unpaired) electrons. The molecule has 0 bridgehead atoms. The summed E-state index contributed by atoms with van der Waals surface area (Å²) in [6.07, 6.45) is 5.45. The fourth-order valence-corrected chi connectivity index (χ4v) is 7.70. The van der Waals surface area contributed by atoms with Gasteiger partial charge in [-0.25, -0.2) is 8.42 Å². The monoisotopic (exact) mass is 592 g/mol. The van der Waals surface area contributed by atoms with Crippen LogP contribution in [-0.2, 0) is 27.8 Å². The average Bonchev–Trinajstić information content (AvgIpc) is 2.94. The molecule has 2 aliphatic heterocycles. The third kappa shape index (κ3) is 5.99. The van der Waals surface area contributed by atoms with E-state index in [1.54, 1.807) is 30.5 Å². The summed E-state index contributed by atoms with van der Waals surface area (Å²) in [6, 6.07) is 25.2. The molecule has 6 rings (SSSR count). The van der Waals surface area contributed by atoms with E-state index in [1.165, 1.54) is 5.56 Å². The molecule has 206 valence electrons. The zero-order valence-electron chi connectivity index (χ0n) is 22.0. The highest BCUT2D eigenvalue weighted by Gasteiger charge is 2.39. The highest BCUT2D eigenvalue weighted by Crippen LogP contribution is 2.42. The predicted molar refractivity (Wildman–Crippen MR) is 162 cm³/mol. The molecule has 0 N–H and O–H groups in total. The molecular formula is C32H30Cl2N2O3S. The second-order valence-electron chi connectivity index (χ2n) is 10.7. The second kappa shape index (κ2) is 11.1. The summed E-state index contributed by atoms with van der Waals surface area (Å²) in [5.74, 6) is 0.894. The van der Waals surface area contributed by atoms with E-state index < -0.39 is 9.84 Å². The first-order valence-corrected chi connectivity index (χ1v) is 16.1. The number of anilines is 1. The molecule has 1 aromatic heterocycles. The first kappa shape index (κ1) is 27.1. The van der Waals surface area contributed by atoms with Crippen molar-refractivity contribution in [3.05, 3.63) is 112 Å². The van der Waals surface area contributed by atoms with Crippen molar-refractivity contribution < 1.29 is 13.2 Å². The zero-order valence-corrected chi connectivity index (χ0v) is 24.4. The van der Waals surface area contributed by atoms with Crippen molar-refractivity contribution >= 4 is 38.7 Å². The summed E-state index contributed by atoms with van der Waals surface area (Å²) in [4.78, 5) is 6.46. The number of piperidine rings is 1. The van der Waals surface area contributed by atoms with Gasteiger partial charge >= 0.3 is 0 Å². The van der Waals surface area contributed by atoms with Crippen LogP contribution >= 0.6 is 23.2 Å². The van der Waals surface area contributed by atoms with Crippen LogP contribution in [0, 0.1) is 0 Å². The average molecular weight is 594 g/mol. The number of aromatic nitrogens is 1. The summed E-state index contributed by atoms with van der Waals surface area (Å²) in [5.41, 5.74) is 5.59. The van der Waals surface area contributed by atoms with Gasteiger partial charge in [-0.1, -0.05) is 59.6 Å². The number of halogens is 2. The lowest BCUT2D eigenvalue weighted by Crippen LogP contribution is -2.49. The summed E-state index contributed by atoms with van der Waals surface area (Å²) < 4.78 is 32.0. The van der Waals surface area contributed by atoms with E-state index >= 15 is 0 Å². The number of hydrogen-bond donors (Lipinski definition) is 0. The fraction of sp³-hybridized carbons (Fsp3) is 0.281. The Bertz CT molecular complexity index is 1620. The minimum absolute atomic E-state index is 0.00832. The van der Waals surface area contributed by atoms with Crippen LogP contribution in [0.25, 0.3) is 11.1 Å². The number of pyridine rings is 1. The molecule has 3 heterocycles. The second-order valence-corrected chi connectivity index (χ2v) is 13.6. The van der Waals surface area contributed by atoms with E-state index in [1.807, 2.05) is 36.4 Å². The molecule has 5 nitrogen and oxygen atoms in total. The van der Waals surface area contributed by atoms with Gasteiger partial charge < -0.3 is 9.64 Å². The quantitative estimate of drug-likeness (QED) is 0.231. The number of fused-ring (bicyclic) bond motifs is 1. The van der Waals surface area contributed by atoms with Crippen LogP contribution in [0.5, 0.6) is 5.75 Å². The van der Waals surface area contributed by atoms with Gasteiger partial charge in [0.1, 0.15) is 11.4 Å². The minimum Gasteiger partial charge on any atom is -0.487 e. The lowest BCUT2D eigenvalue weighted by molar-refractivity contribution is 0.0226. The summed E-state index contributed by atoms with van der Waals surface area (Å²) >= 11 is 12.5. The summed E-state index contributed by atoms with van der Waals surface area (Å²) in [5, 5.41) is 1.33. The van der Waals surface area contributed by atoms with Gasteiger partial charge in [0.2, 0.25) is 0 Å². The smallest absolute Gasteiger partial charge is 0.160 e. The Hall–Kier alpha value is -3.06. The van der Waals surface area contributed by atoms with Crippen LogP contribution in [0.3, 0.4) is 0 Å². The summed E-state index contributed by atoms with van der Waals surface area (Å²) in [7, 11) is -3.31. The van der Waals surface area contributed by atoms with Gasteiger partial charge in [-0.2, -0.15) is 0 Å². The lowest BCUT2D eigenvalue weighted by atomic mass is 9.82. The molecule has 0 amide bonds. The molecule has 40 heavy (non-hydrogen) atoms.